The molecule has 3 aromatic heterocycles. The van der Waals surface area contributed by atoms with Crippen molar-refractivity contribution < 1.29 is 9.53 Å². The average Bonchev–Trinajstić information content (AvgIpc) is 3.28. The van der Waals surface area contributed by atoms with Crippen molar-refractivity contribution in [2.45, 2.75) is 19.5 Å². The third kappa shape index (κ3) is 3.15. The molecule has 4 heterocycles. The summed E-state index contributed by atoms with van der Waals surface area (Å²) in [5, 5.41) is 1.96. The van der Waals surface area contributed by atoms with E-state index >= 15 is 0 Å². The number of carbonyl (C=O) groups is 1. The zero-order chi connectivity index (χ0) is 17.2. The number of aromatic nitrogens is 3. The van der Waals surface area contributed by atoms with Crippen LogP contribution in [0.1, 0.15) is 27.0 Å². The van der Waals surface area contributed by atoms with E-state index in [1.807, 2.05) is 47.7 Å². The molecule has 6 nitrogen and oxygen atoms in total. The lowest BCUT2D eigenvalue weighted by Gasteiger charge is -2.34. The second-order valence-electron chi connectivity index (χ2n) is 6.04. The molecule has 0 saturated heterocycles. The van der Waals surface area contributed by atoms with Crippen molar-refractivity contribution in [3.05, 3.63) is 64.5 Å². The number of thiophene rings is 1. The van der Waals surface area contributed by atoms with Crippen molar-refractivity contribution in [2.75, 3.05) is 13.2 Å². The first-order chi connectivity index (χ1) is 12.2. The summed E-state index contributed by atoms with van der Waals surface area (Å²) in [5.74, 6) is 0.657. The monoisotopic (exact) mass is 354 g/mol. The fourth-order valence-corrected chi connectivity index (χ4v) is 3.92. The molecule has 1 amide bonds. The highest BCUT2D eigenvalue weighted by molar-refractivity contribution is 7.12. The van der Waals surface area contributed by atoms with Crippen LogP contribution in [0.5, 0.6) is 5.88 Å². The van der Waals surface area contributed by atoms with Crippen LogP contribution in [-0.2, 0) is 6.54 Å². The van der Waals surface area contributed by atoms with Gasteiger partial charge in [0, 0.05) is 25.0 Å². The molecule has 0 fully saturated rings. The highest BCUT2D eigenvalue weighted by atomic mass is 32.1. The van der Waals surface area contributed by atoms with Gasteiger partial charge in [-0.25, -0.2) is 9.97 Å². The first-order valence-electron chi connectivity index (χ1n) is 8.10. The molecular formula is C18H18N4O2S. The molecule has 7 heteroatoms. The Bertz CT molecular complexity index is 874. The minimum atomic E-state index is 0.0116. The molecular weight excluding hydrogens is 336 g/mol. The molecule has 0 aromatic carbocycles. The fourth-order valence-electron chi connectivity index (χ4n) is 3.02. The van der Waals surface area contributed by atoms with Crippen LogP contribution in [0.4, 0.5) is 0 Å². The van der Waals surface area contributed by atoms with Gasteiger partial charge in [-0.05, 0) is 30.0 Å². The van der Waals surface area contributed by atoms with Gasteiger partial charge in [-0.3, -0.25) is 4.79 Å². The van der Waals surface area contributed by atoms with Crippen molar-refractivity contribution in [1.29, 1.82) is 0 Å². The zero-order valence-electron chi connectivity index (χ0n) is 13.8. The summed E-state index contributed by atoms with van der Waals surface area (Å²) in [6, 6.07) is 7.56. The quantitative estimate of drug-likeness (QED) is 0.723. The van der Waals surface area contributed by atoms with Gasteiger partial charge in [0.05, 0.1) is 29.5 Å². The Morgan fingerprint density at radius 1 is 1.40 bits per heavy atom. The number of imidazole rings is 1. The van der Waals surface area contributed by atoms with Gasteiger partial charge in [0.25, 0.3) is 5.91 Å². The first-order valence-corrected chi connectivity index (χ1v) is 8.98. The Morgan fingerprint density at radius 3 is 3.08 bits per heavy atom. The smallest absolute Gasteiger partial charge is 0.264 e. The van der Waals surface area contributed by atoms with E-state index in [2.05, 4.69) is 14.5 Å². The molecule has 1 unspecified atom stereocenters. The molecule has 0 bridgehead atoms. The summed E-state index contributed by atoms with van der Waals surface area (Å²) in [6.07, 6.45) is 5.32. The molecule has 3 aromatic rings. The number of aryl methyl sites for hydroxylation is 1. The number of hydrogen-bond acceptors (Lipinski definition) is 5. The summed E-state index contributed by atoms with van der Waals surface area (Å²) >= 11 is 1.49. The second kappa shape index (κ2) is 6.68. The van der Waals surface area contributed by atoms with Gasteiger partial charge in [-0.15, -0.1) is 11.3 Å². The van der Waals surface area contributed by atoms with Gasteiger partial charge in [0.1, 0.15) is 6.61 Å². The predicted molar refractivity (Wildman–Crippen MR) is 94.8 cm³/mol. The number of amides is 1. The Morgan fingerprint density at radius 2 is 2.32 bits per heavy atom. The van der Waals surface area contributed by atoms with Crippen LogP contribution in [0.2, 0.25) is 0 Å². The minimum absolute atomic E-state index is 0.0116. The molecule has 1 aliphatic heterocycles. The topological polar surface area (TPSA) is 60.2 Å². The zero-order valence-corrected chi connectivity index (χ0v) is 14.6. The summed E-state index contributed by atoms with van der Waals surface area (Å²) < 4.78 is 7.91. The molecule has 0 spiro atoms. The van der Waals surface area contributed by atoms with Crippen molar-refractivity contribution in [3.8, 4) is 5.88 Å². The van der Waals surface area contributed by atoms with Crippen LogP contribution in [0.15, 0.2) is 48.4 Å². The molecule has 128 valence electrons. The molecule has 1 aliphatic rings. The van der Waals surface area contributed by atoms with Crippen LogP contribution in [0, 0.1) is 6.92 Å². The Kier molecular flexibility index (Phi) is 4.23. The standard InChI is InChI=1S/C18H18N4O2S/c1-13-5-7-25-17(13)18(23)21-9-14-8-19-12-22(14)15(10-21)11-24-16-4-2-3-6-20-16/h2-8,12,15H,9-11H2,1H3. The number of ether oxygens (including phenoxy) is 1. The second-order valence-corrected chi connectivity index (χ2v) is 6.96. The number of hydrogen-bond donors (Lipinski definition) is 0. The van der Waals surface area contributed by atoms with Crippen molar-refractivity contribution in [2.24, 2.45) is 0 Å². The Balaban J connectivity index is 1.53. The average molecular weight is 354 g/mol. The van der Waals surface area contributed by atoms with E-state index in [1.165, 1.54) is 11.3 Å². The van der Waals surface area contributed by atoms with E-state index in [-0.39, 0.29) is 11.9 Å². The molecule has 1 atom stereocenters. The SMILES string of the molecule is Cc1ccsc1C(=O)N1Cc2cncn2C(COc2ccccn2)C1. The number of carbonyl (C=O) groups excluding carboxylic acids is 1. The third-order valence-electron chi connectivity index (χ3n) is 4.33. The maximum atomic E-state index is 12.9. The first kappa shape index (κ1) is 15.8. The minimum Gasteiger partial charge on any atom is -0.475 e. The Hall–Kier alpha value is -2.67. The lowest BCUT2D eigenvalue weighted by molar-refractivity contribution is 0.0650. The van der Waals surface area contributed by atoms with Crippen molar-refractivity contribution in [1.82, 2.24) is 19.4 Å². The van der Waals surface area contributed by atoms with Gasteiger partial charge in [0.2, 0.25) is 5.88 Å². The van der Waals surface area contributed by atoms with E-state index in [9.17, 15) is 4.79 Å². The summed E-state index contributed by atoms with van der Waals surface area (Å²) in [4.78, 5) is 24.0. The summed E-state index contributed by atoms with van der Waals surface area (Å²) in [7, 11) is 0. The largest absolute Gasteiger partial charge is 0.475 e. The predicted octanol–water partition coefficient (Wildman–Crippen LogP) is 2.92. The van der Waals surface area contributed by atoms with E-state index in [4.69, 9.17) is 4.74 Å². The van der Waals surface area contributed by atoms with Gasteiger partial charge in [-0.2, -0.15) is 0 Å². The van der Waals surface area contributed by atoms with E-state index in [1.54, 1.807) is 12.5 Å². The molecule has 0 radical (unpaired) electrons. The van der Waals surface area contributed by atoms with E-state index in [0.717, 1.165) is 16.1 Å². The van der Waals surface area contributed by atoms with Crippen molar-refractivity contribution in [3.63, 3.8) is 0 Å². The van der Waals surface area contributed by atoms with Crippen LogP contribution in [0.3, 0.4) is 0 Å². The lowest BCUT2D eigenvalue weighted by atomic mass is 10.1. The lowest BCUT2D eigenvalue weighted by Crippen LogP contribution is -2.42. The van der Waals surface area contributed by atoms with Crippen LogP contribution in [0.25, 0.3) is 0 Å². The number of rotatable bonds is 4. The summed E-state index contributed by atoms with van der Waals surface area (Å²) in [6.45, 7) is 3.57. The maximum Gasteiger partial charge on any atom is 0.264 e. The fraction of sp³-hybridized carbons (Fsp3) is 0.278. The molecule has 25 heavy (non-hydrogen) atoms. The molecule has 4 rings (SSSR count). The van der Waals surface area contributed by atoms with Gasteiger partial charge in [0.15, 0.2) is 0 Å². The normalized spacial score (nSPS) is 16.5. The molecule has 0 aliphatic carbocycles. The number of nitrogens with zero attached hydrogens (tertiary/aromatic N) is 4. The maximum absolute atomic E-state index is 12.9. The number of fused-ring (bicyclic) bond motifs is 1. The molecule has 0 N–H and O–H groups in total. The highest BCUT2D eigenvalue weighted by Crippen LogP contribution is 2.25. The van der Waals surface area contributed by atoms with Crippen LogP contribution >= 0.6 is 11.3 Å². The third-order valence-corrected chi connectivity index (χ3v) is 5.33. The Labute approximate surface area is 149 Å². The van der Waals surface area contributed by atoms with Crippen molar-refractivity contribution >= 4 is 17.2 Å². The van der Waals surface area contributed by atoms with E-state index in [0.29, 0.717) is 25.6 Å². The van der Waals surface area contributed by atoms with Gasteiger partial charge < -0.3 is 14.2 Å². The highest BCUT2D eigenvalue weighted by Gasteiger charge is 2.30. The van der Waals surface area contributed by atoms with E-state index < -0.39 is 0 Å². The van der Waals surface area contributed by atoms with Crippen LogP contribution < -0.4 is 4.74 Å². The molecule has 0 saturated carbocycles. The van der Waals surface area contributed by atoms with Gasteiger partial charge >= 0.3 is 0 Å². The van der Waals surface area contributed by atoms with Crippen LogP contribution in [-0.4, -0.2) is 38.5 Å². The number of pyridine rings is 1. The van der Waals surface area contributed by atoms with Gasteiger partial charge in [-0.1, -0.05) is 6.07 Å². The summed E-state index contributed by atoms with van der Waals surface area (Å²) in [5.41, 5.74) is 2.04.